The Kier molecular flexibility index (Phi) is 4.72. The lowest BCUT2D eigenvalue weighted by molar-refractivity contribution is -0.119. The van der Waals surface area contributed by atoms with Crippen LogP contribution in [0.3, 0.4) is 0 Å². The molecule has 0 radical (unpaired) electrons. The van der Waals surface area contributed by atoms with E-state index in [4.69, 9.17) is 5.73 Å². The van der Waals surface area contributed by atoms with Gasteiger partial charge in [0.05, 0.1) is 5.69 Å². The van der Waals surface area contributed by atoms with Gasteiger partial charge in [0.15, 0.2) is 0 Å². The maximum Gasteiger partial charge on any atom is 0.217 e. The number of halogens is 1. The van der Waals surface area contributed by atoms with Crippen molar-refractivity contribution in [2.75, 3.05) is 13.1 Å². The number of nitrogens with two attached hydrogens (primary N) is 1. The third-order valence-electron chi connectivity index (χ3n) is 3.37. The number of amides is 1. The summed E-state index contributed by atoms with van der Waals surface area (Å²) in [7, 11) is 0. The van der Waals surface area contributed by atoms with Crippen LogP contribution in [0.15, 0.2) is 22.8 Å². The molecule has 2 N–H and O–H groups in total. The van der Waals surface area contributed by atoms with Gasteiger partial charge in [0.2, 0.25) is 5.91 Å². The second kappa shape index (κ2) is 6.29. The largest absolute Gasteiger partial charge is 0.370 e. The first-order valence-corrected chi connectivity index (χ1v) is 7.04. The normalized spacial score (nSPS) is 17.8. The van der Waals surface area contributed by atoms with E-state index in [1.54, 1.807) is 0 Å². The number of pyridine rings is 1. The number of primary amides is 1. The third kappa shape index (κ3) is 4.07. The van der Waals surface area contributed by atoms with Gasteiger partial charge in [-0.05, 0) is 59.9 Å². The topological polar surface area (TPSA) is 59.2 Å². The van der Waals surface area contributed by atoms with Gasteiger partial charge in [0.25, 0.3) is 0 Å². The summed E-state index contributed by atoms with van der Waals surface area (Å²) >= 11 is 3.38. The van der Waals surface area contributed by atoms with Crippen LogP contribution in [0.4, 0.5) is 0 Å². The highest BCUT2D eigenvalue weighted by Gasteiger charge is 2.20. The fourth-order valence-electron chi connectivity index (χ4n) is 2.36. The van der Waals surface area contributed by atoms with Crippen LogP contribution in [0, 0.1) is 5.92 Å². The average Bonchev–Trinajstić information content (AvgIpc) is 2.34. The minimum atomic E-state index is -0.178. The van der Waals surface area contributed by atoms with E-state index in [9.17, 15) is 4.79 Å². The zero-order chi connectivity index (χ0) is 13.0. The van der Waals surface area contributed by atoms with Gasteiger partial charge in [-0.25, -0.2) is 0 Å². The molecule has 18 heavy (non-hydrogen) atoms. The summed E-state index contributed by atoms with van der Waals surface area (Å²) in [6.07, 6.45) is 4.47. The second-order valence-corrected chi connectivity index (χ2v) is 5.77. The molecule has 0 saturated carbocycles. The molecule has 1 amide bonds. The zero-order valence-electron chi connectivity index (χ0n) is 10.3. The predicted octanol–water partition coefficient (Wildman–Crippen LogP) is 1.93. The van der Waals surface area contributed by atoms with Crippen LogP contribution in [-0.4, -0.2) is 28.9 Å². The number of rotatable bonds is 4. The summed E-state index contributed by atoms with van der Waals surface area (Å²) in [5.41, 5.74) is 6.32. The third-order valence-corrected chi connectivity index (χ3v) is 3.84. The van der Waals surface area contributed by atoms with Gasteiger partial charge in [-0.3, -0.25) is 14.7 Å². The Labute approximate surface area is 116 Å². The van der Waals surface area contributed by atoms with E-state index in [0.717, 1.165) is 42.6 Å². The van der Waals surface area contributed by atoms with E-state index in [0.29, 0.717) is 12.3 Å². The van der Waals surface area contributed by atoms with Gasteiger partial charge in [-0.1, -0.05) is 0 Å². The number of carbonyl (C=O) groups excluding carboxylic acids is 1. The number of likely N-dealkylation sites (tertiary alicyclic amines) is 1. The first-order chi connectivity index (χ1) is 8.63. The first kappa shape index (κ1) is 13.5. The maximum atomic E-state index is 10.9. The summed E-state index contributed by atoms with van der Waals surface area (Å²) in [5, 5.41) is 0. The fraction of sp³-hybridized carbons (Fsp3) is 0.538. The van der Waals surface area contributed by atoms with Crippen LogP contribution in [0.1, 0.15) is 25.0 Å². The van der Waals surface area contributed by atoms with Crippen molar-refractivity contribution >= 4 is 21.8 Å². The van der Waals surface area contributed by atoms with E-state index in [1.165, 1.54) is 0 Å². The van der Waals surface area contributed by atoms with Gasteiger partial charge < -0.3 is 5.73 Å². The molecule has 4 nitrogen and oxygen atoms in total. The molecule has 0 aromatic carbocycles. The minimum Gasteiger partial charge on any atom is -0.370 e. The molecule has 2 heterocycles. The summed E-state index contributed by atoms with van der Waals surface area (Å²) in [6, 6.07) is 4.06. The quantitative estimate of drug-likeness (QED) is 0.924. The van der Waals surface area contributed by atoms with Crippen molar-refractivity contribution in [3.63, 3.8) is 0 Å². The molecule has 1 fully saturated rings. The van der Waals surface area contributed by atoms with Crippen LogP contribution >= 0.6 is 15.9 Å². The molecule has 1 saturated heterocycles. The molecule has 98 valence electrons. The van der Waals surface area contributed by atoms with Crippen LogP contribution in [0.5, 0.6) is 0 Å². The van der Waals surface area contributed by atoms with E-state index >= 15 is 0 Å². The van der Waals surface area contributed by atoms with Crippen molar-refractivity contribution in [2.45, 2.75) is 25.8 Å². The highest BCUT2D eigenvalue weighted by atomic mass is 79.9. The Morgan fingerprint density at radius 3 is 2.72 bits per heavy atom. The molecule has 1 aromatic rings. The number of piperidine rings is 1. The minimum absolute atomic E-state index is 0.178. The fourth-order valence-corrected chi connectivity index (χ4v) is 2.60. The first-order valence-electron chi connectivity index (χ1n) is 6.24. The Morgan fingerprint density at radius 1 is 1.44 bits per heavy atom. The summed E-state index contributed by atoms with van der Waals surface area (Å²) in [4.78, 5) is 17.6. The van der Waals surface area contributed by atoms with Crippen molar-refractivity contribution < 1.29 is 4.79 Å². The molecular formula is C13H18BrN3O. The van der Waals surface area contributed by atoms with E-state index in [2.05, 4.69) is 25.8 Å². The standard InChI is InChI=1S/C13H18BrN3O/c14-11-1-2-12(16-8-11)9-17-5-3-10(4-6-17)7-13(15)18/h1-2,8,10H,3-7,9H2,(H2,15,18). The predicted molar refractivity (Wildman–Crippen MR) is 73.7 cm³/mol. The van der Waals surface area contributed by atoms with Gasteiger partial charge in [-0.2, -0.15) is 0 Å². The maximum absolute atomic E-state index is 10.9. The van der Waals surface area contributed by atoms with Crippen LogP contribution in [0.25, 0.3) is 0 Å². The summed E-state index contributed by atoms with van der Waals surface area (Å²) in [5.74, 6) is 0.291. The Hall–Kier alpha value is -0.940. The SMILES string of the molecule is NC(=O)CC1CCN(Cc2ccc(Br)cn2)CC1. The lowest BCUT2D eigenvalue weighted by Gasteiger charge is -2.31. The molecular weight excluding hydrogens is 294 g/mol. The van der Waals surface area contributed by atoms with Crippen molar-refractivity contribution in [1.82, 2.24) is 9.88 Å². The number of hydrogen-bond donors (Lipinski definition) is 1. The molecule has 2 rings (SSSR count). The van der Waals surface area contributed by atoms with Crippen LogP contribution < -0.4 is 5.73 Å². The monoisotopic (exact) mass is 311 g/mol. The van der Waals surface area contributed by atoms with Gasteiger partial charge in [0, 0.05) is 23.6 Å². The van der Waals surface area contributed by atoms with Gasteiger partial charge in [0.1, 0.15) is 0 Å². The number of carbonyl (C=O) groups is 1. The molecule has 0 bridgehead atoms. The average molecular weight is 312 g/mol. The highest BCUT2D eigenvalue weighted by Crippen LogP contribution is 2.21. The lowest BCUT2D eigenvalue weighted by atomic mass is 9.93. The van der Waals surface area contributed by atoms with Crippen molar-refractivity contribution in [2.24, 2.45) is 11.7 Å². The van der Waals surface area contributed by atoms with Gasteiger partial charge >= 0.3 is 0 Å². The lowest BCUT2D eigenvalue weighted by Crippen LogP contribution is -2.34. The summed E-state index contributed by atoms with van der Waals surface area (Å²) in [6.45, 7) is 2.93. The van der Waals surface area contributed by atoms with E-state index < -0.39 is 0 Å². The molecule has 5 heteroatoms. The van der Waals surface area contributed by atoms with Gasteiger partial charge in [-0.15, -0.1) is 0 Å². The van der Waals surface area contributed by atoms with Crippen molar-refractivity contribution in [3.8, 4) is 0 Å². The number of nitrogens with zero attached hydrogens (tertiary/aromatic N) is 2. The van der Waals surface area contributed by atoms with Crippen molar-refractivity contribution in [1.29, 1.82) is 0 Å². The second-order valence-electron chi connectivity index (χ2n) is 4.86. The number of hydrogen-bond acceptors (Lipinski definition) is 3. The highest BCUT2D eigenvalue weighted by molar-refractivity contribution is 9.10. The Morgan fingerprint density at radius 2 is 2.17 bits per heavy atom. The zero-order valence-corrected chi connectivity index (χ0v) is 11.9. The number of aromatic nitrogens is 1. The molecule has 1 aromatic heterocycles. The van der Waals surface area contributed by atoms with Crippen LogP contribution in [0.2, 0.25) is 0 Å². The Balaban J connectivity index is 1.79. The molecule has 1 aliphatic heterocycles. The molecule has 0 atom stereocenters. The molecule has 1 aliphatic rings. The molecule has 0 unspecified atom stereocenters. The van der Waals surface area contributed by atoms with E-state index in [1.807, 2.05) is 18.3 Å². The Bertz CT molecular complexity index is 399. The summed E-state index contributed by atoms with van der Waals surface area (Å²) < 4.78 is 1.01. The van der Waals surface area contributed by atoms with E-state index in [-0.39, 0.29) is 5.91 Å². The molecule has 0 spiro atoms. The molecule has 0 aliphatic carbocycles. The van der Waals surface area contributed by atoms with Crippen molar-refractivity contribution in [3.05, 3.63) is 28.5 Å². The smallest absolute Gasteiger partial charge is 0.217 e. The van der Waals surface area contributed by atoms with Crippen LogP contribution in [-0.2, 0) is 11.3 Å².